The Morgan fingerprint density at radius 1 is 1.18 bits per heavy atom. The summed E-state index contributed by atoms with van der Waals surface area (Å²) in [5, 5.41) is 12.5. The first kappa shape index (κ1) is 20.2. The van der Waals surface area contributed by atoms with Gasteiger partial charge in [-0.2, -0.15) is 0 Å². The monoisotopic (exact) mass is 416 g/mol. The maximum absolute atomic E-state index is 12.2. The van der Waals surface area contributed by atoms with Crippen molar-refractivity contribution in [2.45, 2.75) is 25.6 Å². The Hall–Kier alpha value is -2.51. The molecule has 0 aliphatic heterocycles. The van der Waals surface area contributed by atoms with Gasteiger partial charge < -0.3 is 14.6 Å². The first-order valence-corrected chi connectivity index (χ1v) is 10.1. The van der Waals surface area contributed by atoms with Crippen LogP contribution in [0, 0.1) is 13.8 Å². The molecule has 1 heterocycles. The van der Waals surface area contributed by atoms with Crippen LogP contribution < -0.4 is 10.1 Å². The van der Waals surface area contributed by atoms with E-state index in [0.717, 1.165) is 17.0 Å². The van der Waals surface area contributed by atoms with Gasteiger partial charge >= 0.3 is 0 Å². The Kier molecular flexibility index (Phi) is 6.59. The van der Waals surface area contributed by atoms with E-state index < -0.39 is 0 Å². The minimum atomic E-state index is -0.115. The molecule has 0 atom stereocenters. The number of thioether (sulfide) groups is 1. The zero-order valence-electron chi connectivity index (χ0n) is 15.9. The lowest BCUT2D eigenvalue weighted by atomic mass is 10.2. The minimum absolute atomic E-state index is 0.115. The third-order valence-corrected chi connectivity index (χ3v) is 5.36. The number of nitrogens with zero attached hydrogens (tertiary/aromatic N) is 3. The van der Waals surface area contributed by atoms with E-state index in [1.807, 2.05) is 55.8 Å². The average Bonchev–Trinajstić information content (AvgIpc) is 3.02. The highest BCUT2D eigenvalue weighted by Crippen LogP contribution is 2.21. The molecule has 0 saturated heterocycles. The van der Waals surface area contributed by atoms with Gasteiger partial charge in [-0.15, -0.1) is 10.2 Å². The Bertz CT molecular complexity index is 973. The van der Waals surface area contributed by atoms with E-state index in [1.165, 1.54) is 17.3 Å². The normalized spacial score (nSPS) is 10.7. The molecule has 8 heteroatoms. The van der Waals surface area contributed by atoms with Crippen LogP contribution in [0.15, 0.2) is 47.6 Å². The standard InChI is InChI=1S/C20H21ClN4O2S/c1-13-4-7-16(8-5-13)27-11-18-23-24-20(25(18)3)28-12-19(26)22-17-9-6-15(21)10-14(17)2/h4-10H,11-12H2,1-3H3,(H,22,26). The second kappa shape index (κ2) is 9.12. The van der Waals surface area contributed by atoms with Crippen molar-refractivity contribution in [3.8, 4) is 5.75 Å². The fourth-order valence-corrected chi connectivity index (χ4v) is 3.42. The van der Waals surface area contributed by atoms with Crippen molar-refractivity contribution in [1.82, 2.24) is 14.8 Å². The fraction of sp³-hybridized carbons (Fsp3) is 0.250. The molecule has 6 nitrogen and oxygen atoms in total. The molecule has 0 aliphatic rings. The van der Waals surface area contributed by atoms with Gasteiger partial charge in [0.25, 0.3) is 0 Å². The number of anilines is 1. The van der Waals surface area contributed by atoms with Gasteiger partial charge in [0.05, 0.1) is 5.75 Å². The summed E-state index contributed by atoms with van der Waals surface area (Å²) in [5.41, 5.74) is 2.84. The lowest BCUT2D eigenvalue weighted by Crippen LogP contribution is -2.15. The van der Waals surface area contributed by atoms with Gasteiger partial charge in [0, 0.05) is 17.8 Å². The summed E-state index contributed by atoms with van der Waals surface area (Å²) in [4.78, 5) is 12.2. The predicted molar refractivity (Wildman–Crippen MR) is 112 cm³/mol. The first-order valence-electron chi connectivity index (χ1n) is 8.69. The Morgan fingerprint density at radius 3 is 2.64 bits per heavy atom. The third kappa shape index (κ3) is 5.27. The molecule has 3 aromatic rings. The molecule has 1 N–H and O–H groups in total. The molecule has 0 bridgehead atoms. The third-order valence-electron chi connectivity index (χ3n) is 4.11. The van der Waals surface area contributed by atoms with Crippen molar-refractivity contribution in [2.75, 3.05) is 11.1 Å². The number of nitrogens with one attached hydrogen (secondary N) is 1. The van der Waals surface area contributed by atoms with Gasteiger partial charge in [0.2, 0.25) is 5.91 Å². The highest BCUT2D eigenvalue weighted by atomic mass is 35.5. The molecule has 146 valence electrons. The summed E-state index contributed by atoms with van der Waals surface area (Å²) >= 11 is 7.26. The molecule has 3 rings (SSSR count). The van der Waals surface area contributed by atoms with Crippen LogP contribution in [0.1, 0.15) is 17.0 Å². The average molecular weight is 417 g/mol. The number of carbonyl (C=O) groups excluding carboxylic acids is 1. The van der Waals surface area contributed by atoms with Crippen molar-refractivity contribution >= 4 is 35.0 Å². The summed E-state index contributed by atoms with van der Waals surface area (Å²) < 4.78 is 7.58. The SMILES string of the molecule is Cc1ccc(OCc2nnc(SCC(=O)Nc3ccc(Cl)cc3C)n2C)cc1. The van der Waals surface area contributed by atoms with Crippen LogP contribution >= 0.6 is 23.4 Å². The number of carbonyl (C=O) groups is 1. The van der Waals surface area contributed by atoms with Crippen molar-refractivity contribution in [3.05, 3.63) is 64.4 Å². The van der Waals surface area contributed by atoms with Crippen LogP contribution in [0.2, 0.25) is 5.02 Å². The molecule has 0 fully saturated rings. The van der Waals surface area contributed by atoms with Crippen LogP contribution in [-0.4, -0.2) is 26.4 Å². The predicted octanol–water partition coefficient (Wildman–Crippen LogP) is 4.40. The second-order valence-corrected chi connectivity index (χ2v) is 7.73. The van der Waals surface area contributed by atoms with E-state index in [4.69, 9.17) is 16.3 Å². The van der Waals surface area contributed by atoms with Gasteiger partial charge in [0.1, 0.15) is 12.4 Å². The lowest BCUT2D eigenvalue weighted by Gasteiger charge is -2.09. The molecule has 0 saturated carbocycles. The van der Waals surface area contributed by atoms with Gasteiger partial charge in [0.15, 0.2) is 11.0 Å². The topological polar surface area (TPSA) is 69.0 Å². The van der Waals surface area contributed by atoms with Crippen LogP contribution in [0.25, 0.3) is 0 Å². The molecule has 1 aromatic heterocycles. The number of aromatic nitrogens is 3. The van der Waals surface area contributed by atoms with Crippen molar-refractivity contribution in [2.24, 2.45) is 7.05 Å². The Labute approximate surface area is 173 Å². The summed E-state index contributed by atoms with van der Waals surface area (Å²) in [6, 6.07) is 13.2. The molecule has 0 spiro atoms. The molecule has 0 aliphatic carbocycles. The Morgan fingerprint density at radius 2 is 1.93 bits per heavy atom. The van der Waals surface area contributed by atoms with Crippen molar-refractivity contribution in [3.63, 3.8) is 0 Å². The molecule has 0 unspecified atom stereocenters. The van der Waals surface area contributed by atoms with E-state index >= 15 is 0 Å². The summed E-state index contributed by atoms with van der Waals surface area (Å²) in [5.74, 6) is 1.58. The molecule has 0 radical (unpaired) electrons. The number of rotatable bonds is 7. The Balaban J connectivity index is 1.53. The van der Waals surface area contributed by atoms with Crippen molar-refractivity contribution in [1.29, 1.82) is 0 Å². The largest absolute Gasteiger partial charge is 0.486 e. The number of amides is 1. The number of benzene rings is 2. The van der Waals surface area contributed by atoms with E-state index in [9.17, 15) is 4.79 Å². The molecule has 28 heavy (non-hydrogen) atoms. The van der Waals surface area contributed by atoms with Crippen LogP contribution in [0.4, 0.5) is 5.69 Å². The van der Waals surface area contributed by atoms with Crippen LogP contribution in [-0.2, 0) is 18.4 Å². The quantitative estimate of drug-likeness (QED) is 0.578. The smallest absolute Gasteiger partial charge is 0.234 e. The number of ether oxygens (including phenoxy) is 1. The summed E-state index contributed by atoms with van der Waals surface area (Å²) in [6.07, 6.45) is 0. The number of hydrogen-bond donors (Lipinski definition) is 1. The minimum Gasteiger partial charge on any atom is -0.486 e. The fourth-order valence-electron chi connectivity index (χ4n) is 2.46. The van der Waals surface area contributed by atoms with Crippen LogP contribution in [0.3, 0.4) is 0 Å². The molecule has 2 aromatic carbocycles. The highest BCUT2D eigenvalue weighted by Gasteiger charge is 2.13. The van der Waals surface area contributed by atoms with Gasteiger partial charge in [-0.3, -0.25) is 4.79 Å². The van der Waals surface area contributed by atoms with E-state index in [1.54, 1.807) is 12.1 Å². The molecule has 1 amide bonds. The van der Waals surface area contributed by atoms with E-state index in [0.29, 0.717) is 22.6 Å². The highest BCUT2D eigenvalue weighted by molar-refractivity contribution is 7.99. The molecular formula is C20H21ClN4O2S. The number of hydrogen-bond acceptors (Lipinski definition) is 5. The van der Waals surface area contributed by atoms with Gasteiger partial charge in [-0.05, 0) is 49.7 Å². The first-order chi connectivity index (χ1) is 13.4. The maximum Gasteiger partial charge on any atom is 0.234 e. The van der Waals surface area contributed by atoms with E-state index in [2.05, 4.69) is 15.5 Å². The zero-order valence-corrected chi connectivity index (χ0v) is 17.5. The van der Waals surface area contributed by atoms with E-state index in [-0.39, 0.29) is 11.7 Å². The molecular weight excluding hydrogens is 396 g/mol. The second-order valence-electron chi connectivity index (χ2n) is 6.36. The number of halogens is 1. The van der Waals surface area contributed by atoms with Crippen LogP contribution in [0.5, 0.6) is 5.75 Å². The maximum atomic E-state index is 12.2. The van der Waals surface area contributed by atoms with Gasteiger partial charge in [-0.1, -0.05) is 41.1 Å². The number of aryl methyl sites for hydroxylation is 2. The summed E-state index contributed by atoms with van der Waals surface area (Å²) in [6.45, 7) is 4.24. The van der Waals surface area contributed by atoms with Gasteiger partial charge in [-0.25, -0.2) is 0 Å². The lowest BCUT2D eigenvalue weighted by molar-refractivity contribution is -0.113. The zero-order chi connectivity index (χ0) is 20.1. The van der Waals surface area contributed by atoms with Crippen molar-refractivity contribution < 1.29 is 9.53 Å². The summed E-state index contributed by atoms with van der Waals surface area (Å²) in [7, 11) is 1.86.